The molecule has 1 heterocycles. The van der Waals surface area contributed by atoms with Crippen molar-refractivity contribution in [1.82, 2.24) is 0 Å². The van der Waals surface area contributed by atoms with E-state index < -0.39 is 0 Å². The van der Waals surface area contributed by atoms with Gasteiger partial charge in [0.2, 0.25) is 0 Å². The maximum atomic E-state index is 12.5. The lowest BCUT2D eigenvalue weighted by atomic mass is 9.99. The average Bonchev–Trinajstić information content (AvgIpc) is 2.70. The molecule has 0 fully saturated rings. The molecular formula is C23H23NO2. The van der Waals surface area contributed by atoms with Crippen LogP contribution in [0.4, 0.5) is 5.69 Å². The number of aryl methyl sites for hydroxylation is 1. The Morgan fingerprint density at radius 3 is 2.46 bits per heavy atom. The number of amides is 1. The van der Waals surface area contributed by atoms with Crippen LogP contribution in [0.5, 0.6) is 5.75 Å². The first-order valence-corrected chi connectivity index (χ1v) is 8.94. The highest BCUT2D eigenvalue weighted by Gasteiger charge is 2.19. The van der Waals surface area contributed by atoms with Crippen molar-refractivity contribution in [3.8, 4) is 5.75 Å². The van der Waals surface area contributed by atoms with Gasteiger partial charge < -0.3 is 10.1 Å². The minimum Gasteiger partial charge on any atom is -0.488 e. The van der Waals surface area contributed by atoms with Gasteiger partial charge in [0, 0.05) is 11.3 Å². The molecule has 3 heteroatoms. The van der Waals surface area contributed by atoms with Gasteiger partial charge >= 0.3 is 0 Å². The standard InChI is InChI=1S/C21H17NO2.C2H6/c1-14-6-9-17(10-7-14)22-21(23)16-12-19-18-5-3-2-4-15(18)8-11-20(19)24-13-16;1-2/h2-12H,13H2,1H3,(H,22,23);1-2H3. The fraction of sp³-hybridized carbons (Fsp3) is 0.174. The van der Waals surface area contributed by atoms with Crippen LogP contribution in [0.15, 0.2) is 66.2 Å². The Morgan fingerprint density at radius 2 is 1.69 bits per heavy atom. The smallest absolute Gasteiger partial charge is 0.255 e. The molecule has 0 saturated carbocycles. The average molecular weight is 345 g/mol. The zero-order valence-corrected chi connectivity index (χ0v) is 15.4. The Kier molecular flexibility index (Phi) is 5.37. The molecule has 0 aliphatic carbocycles. The molecule has 3 aromatic rings. The number of carbonyl (C=O) groups excluding carboxylic acids is 1. The van der Waals surface area contributed by atoms with E-state index in [4.69, 9.17) is 4.74 Å². The quantitative estimate of drug-likeness (QED) is 0.657. The second-order valence-electron chi connectivity index (χ2n) is 5.98. The van der Waals surface area contributed by atoms with E-state index in [1.807, 2.05) is 75.4 Å². The molecule has 4 rings (SSSR count). The molecule has 0 spiro atoms. The Hall–Kier alpha value is -3.07. The number of hydrogen-bond acceptors (Lipinski definition) is 2. The Balaban J connectivity index is 0.000000948. The minimum absolute atomic E-state index is 0.127. The fourth-order valence-electron chi connectivity index (χ4n) is 2.90. The molecule has 0 radical (unpaired) electrons. The van der Waals surface area contributed by atoms with E-state index in [9.17, 15) is 4.79 Å². The molecule has 0 bridgehead atoms. The van der Waals surface area contributed by atoms with E-state index in [2.05, 4.69) is 17.4 Å². The second-order valence-corrected chi connectivity index (χ2v) is 5.98. The van der Waals surface area contributed by atoms with Gasteiger partial charge in [-0.3, -0.25) is 4.79 Å². The van der Waals surface area contributed by atoms with E-state index in [-0.39, 0.29) is 12.5 Å². The van der Waals surface area contributed by atoms with Crippen molar-refractivity contribution in [3.63, 3.8) is 0 Å². The van der Waals surface area contributed by atoms with Crippen LogP contribution in [0.2, 0.25) is 0 Å². The zero-order chi connectivity index (χ0) is 18.5. The lowest BCUT2D eigenvalue weighted by Crippen LogP contribution is -2.21. The third kappa shape index (κ3) is 3.62. The van der Waals surface area contributed by atoms with Gasteiger partial charge in [0.1, 0.15) is 12.4 Å². The van der Waals surface area contributed by atoms with Crippen LogP contribution in [0.1, 0.15) is 25.0 Å². The van der Waals surface area contributed by atoms with Crippen LogP contribution >= 0.6 is 0 Å². The summed E-state index contributed by atoms with van der Waals surface area (Å²) >= 11 is 0. The predicted molar refractivity (Wildman–Crippen MR) is 109 cm³/mol. The van der Waals surface area contributed by atoms with Gasteiger partial charge in [-0.2, -0.15) is 0 Å². The van der Waals surface area contributed by atoms with Crippen LogP contribution in [0.25, 0.3) is 16.8 Å². The normalized spacial score (nSPS) is 12.2. The number of carbonyl (C=O) groups is 1. The topological polar surface area (TPSA) is 38.3 Å². The van der Waals surface area contributed by atoms with Crippen LogP contribution < -0.4 is 10.1 Å². The summed E-state index contributed by atoms with van der Waals surface area (Å²) in [6.07, 6.45) is 1.94. The van der Waals surface area contributed by atoms with E-state index in [1.165, 1.54) is 0 Å². The maximum Gasteiger partial charge on any atom is 0.255 e. The molecule has 1 N–H and O–H groups in total. The summed E-state index contributed by atoms with van der Waals surface area (Å²) in [4.78, 5) is 12.5. The Bertz CT molecular complexity index is 956. The first-order chi connectivity index (χ1) is 12.7. The van der Waals surface area contributed by atoms with Gasteiger partial charge in [0.05, 0.1) is 5.57 Å². The first-order valence-electron chi connectivity index (χ1n) is 8.94. The van der Waals surface area contributed by atoms with Gasteiger partial charge in [-0.15, -0.1) is 0 Å². The van der Waals surface area contributed by atoms with Crippen molar-refractivity contribution >= 4 is 28.4 Å². The zero-order valence-electron chi connectivity index (χ0n) is 15.4. The molecule has 26 heavy (non-hydrogen) atoms. The lowest BCUT2D eigenvalue weighted by Gasteiger charge is -2.19. The minimum atomic E-state index is -0.127. The molecule has 0 unspecified atom stereocenters. The van der Waals surface area contributed by atoms with E-state index in [0.717, 1.165) is 33.3 Å². The van der Waals surface area contributed by atoms with Gasteiger partial charge in [0.25, 0.3) is 5.91 Å². The lowest BCUT2D eigenvalue weighted by molar-refractivity contribution is -0.113. The first kappa shape index (κ1) is 17.7. The van der Waals surface area contributed by atoms with Gasteiger partial charge in [-0.1, -0.05) is 61.9 Å². The summed E-state index contributed by atoms with van der Waals surface area (Å²) in [5.74, 6) is 0.693. The van der Waals surface area contributed by atoms with Gasteiger partial charge in [-0.05, 0) is 42.0 Å². The number of hydrogen-bond donors (Lipinski definition) is 1. The molecule has 0 saturated heterocycles. The summed E-state index contributed by atoms with van der Waals surface area (Å²) in [5, 5.41) is 5.16. The molecule has 3 nitrogen and oxygen atoms in total. The summed E-state index contributed by atoms with van der Waals surface area (Å²) in [6, 6.07) is 19.9. The third-order valence-electron chi connectivity index (χ3n) is 4.23. The molecule has 1 amide bonds. The van der Waals surface area contributed by atoms with Crippen molar-refractivity contribution < 1.29 is 9.53 Å². The van der Waals surface area contributed by atoms with E-state index in [1.54, 1.807) is 0 Å². The number of benzene rings is 3. The molecule has 1 aliphatic heterocycles. The molecule has 1 aliphatic rings. The summed E-state index contributed by atoms with van der Waals surface area (Å²) in [5.41, 5.74) is 3.54. The highest BCUT2D eigenvalue weighted by Crippen LogP contribution is 2.33. The predicted octanol–water partition coefficient (Wildman–Crippen LogP) is 5.59. The highest BCUT2D eigenvalue weighted by atomic mass is 16.5. The second kappa shape index (κ2) is 7.87. The summed E-state index contributed by atoms with van der Waals surface area (Å²) in [7, 11) is 0. The highest BCUT2D eigenvalue weighted by molar-refractivity contribution is 6.09. The molecule has 3 aromatic carbocycles. The van der Waals surface area contributed by atoms with Crippen LogP contribution in [-0.4, -0.2) is 12.5 Å². The van der Waals surface area contributed by atoms with Crippen LogP contribution in [0, 0.1) is 6.92 Å². The Labute approximate surface area is 154 Å². The largest absolute Gasteiger partial charge is 0.488 e. The van der Waals surface area contributed by atoms with Gasteiger partial charge in [0.15, 0.2) is 0 Å². The van der Waals surface area contributed by atoms with Crippen LogP contribution in [-0.2, 0) is 4.79 Å². The van der Waals surface area contributed by atoms with E-state index in [0.29, 0.717) is 5.57 Å². The number of ether oxygens (including phenoxy) is 1. The molecule has 0 aromatic heterocycles. The molecular weight excluding hydrogens is 322 g/mol. The van der Waals surface area contributed by atoms with Crippen molar-refractivity contribution in [1.29, 1.82) is 0 Å². The summed E-state index contributed by atoms with van der Waals surface area (Å²) in [6.45, 7) is 6.30. The molecule has 132 valence electrons. The van der Waals surface area contributed by atoms with Gasteiger partial charge in [-0.25, -0.2) is 0 Å². The monoisotopic (exact) mass is 345 g/mol. The van der Waals surface area contributed by atoms with Crippen LogP contribution in [0.3, 0.4) is 0 Å². The number of nitrogens with one attached hydrogen (secondary N) is 1. The molecule has 0 atom stereocenters. The van der Waals surface area contributed by atoms with E-state index >= 15 is 0 Å². The Morgan fingerprint density at radius 1 is 0.962 bits per heavy atom. The summed E-state index contributed by atoms with van der Waals surface area (Å²) < 4.78 is 5.79. The third-order valence-corrected chi connectivity index (χ3v) is 4.23. The van der Waals surface area contributed by atoms with Crippen molar-refractivity contribution in [2.75, 3.05) is 11.9 Å². The number of anilines is 1. The number of fused-ring (bicyclic) bond motifs is 3. The SMILES string of the molecule is CC.Cc1ccc(NC(=O)C2=Cc3c(ccc4ccccc34)OC2)cc1. The fourth-order valence-corrected chi connectivity index (χ4v) is 2.90. The maximum absolute atomic E-state index is 12.5. The van der Waals surface area contributed by atoms with Crippen molar-refractivity contribution in [3.05, 3.63) is 77.4 Å². The number of rotatable bonds is 2. The van der Waals surface area contributed by atoms with Crippen molar-refractivity contribution in [2.45, 2.75) is 20.8 Å². The van der Waals surface area contributed by atoms with Crippen molar-refractivity contribution in [2.24, 2.45) is 0 Å².